The number of carbonyl (C=O) groups is 3. The van der Waals surface area contributed by atoms with E-state index in [0.29, 0.717) is 28.7 Å². The number of amides is 4. The summed E-state index contributed by atoms with van der Waals surface area (Å²) >= 11 is 12.4. The molecule has 1 aliphatic rings. The highest BCUT2D eigenvalue weighted by Gasteiger charge is 2.36. The van der Waals surface area contributed by atoms with Crippen LogP contribution >= 0.6 is 23.2 Å². The molecule has 0 radical (unpaired) electrons. The van der Waals surface area contributed by atoms with Crippen LogP contribution in [0.4, 0.5) is 10.5 Å². The molecule has 0 aromatic heterocycles. The van der Waals surface area contributed by atoms with Crippen LogP contribution in [-0.4, -0.2) is 37.7 Å². The van der Waals surface area contributed by atoms with Crippen molar-refractivity contribution in [2.45, 2.75) is 13.8 Å². The minimum absolute atomic E-state index is 0.202. The average molecular weight is 555 g/mol. The number of anilines is 1. The number of nitrogens with zero attached hydrogens (tertiary/aromatic N) is 1. The first-order chi connectivity index (χ1) is 18.3. The molecule has 4 rings (SSSR count). The van der Waals surface area contributed by atoms with E-state index in [1.807, 2.05) is 31.2 Å². The molecule has 0 bridgehead atoms. The Hall–Kier alpha value is -4.01. The summed E-state index contributed by atoms with van der Waals surface area (Å²) in [7, 11) is 0. The molecule has 1 heterocycles. The largest absolute Gasteiger partial charge is 0.490 e. The normalized spacial score (nSPS) is 14.5. The summed E-state index contributed by atoms with van der Waals surface area (Å²) in [6.07, 6.45) is 1.34. The van der Waals surface area contributed by atoms with Gasteiger partial charge in [-0.3, -0.25) is 14.9 Å². The zero-order valence-corrected chi connectivity index (χ0v) is 22.1. The number of hydrogen-bond donors (Lipinski definition) is 1. The van der Waals surface area contributed by atoms with Crippen molar-refractivity contribution in [1.29, 1.82) is 0 Å². The molecule has 0 spiro atoms. The summed E-state index contributed by atoms with van der Waals surface area (Å²) in [6.45, 7) is 4.60. The van der Waals surface area contributed by atoms with Crippen molar-refractivity contribution in [2.75, 3.05) is 24.7 Å². The van der Waals surface area contributed by atoms with E-state index in [4.69, 9.17) is 37.4 Å². The molecule has 1 saturated heterocycles. The van der Waals surface area contributed by atoms with E-state index in [-0.39, 0.29) is 29.5 Å². The van der Waals surface area contributed by atoms with Gasteiger partial charge in [0, 0.05) is 5.02 Å². The zero-order chi connectivity index (χ0) is 27.2. The Kier molecular flexibility index (Phi) is 8.55. The standard InChI is InChI=1S/C28H24Cl2N2O6/c1-3-36-24-16-18(15-23(30)25(24)38-13-12-37-21-10-4-17(2)5-11-21)14-22-26(33)31-28(35)32(27(22)34)20-8-6-19(29)7-9-20/h4-11,14-16H,3,12-13H2,1-2H3,(H,31,33,35). The van der Waals surface area contributed by atoms with E-state index < -0.39 is 17.8 Å². The Labute approximate surface area is 229 Å². The molecule has 4 amide bonds. The first-order valence-electron chi connectivity index (χ1n) is 11.7. The van der Waals surface area contributed by atoms with E-state index >= 15 is 0 Å². The van der Waals surface area contributed by atoms with Crippen LogP contribution < -0.4 is 24.4 Å². The second-order valence-corrected chi connectivity index (χ2v) is 9.05. The molecule has 196 valence electrons. The molecule has 38 heavy (non-hydrogen) atoms. The fourth-order valence-electron chi connectivity index (χ4n) is 3.66. The molecule has 10 heteroatoms. The van der Waals surface area contributed by atoms with Crippen LogP contribution in [0, 0.1) is 6.92 Å². The second kappa shape index (κ2) is 12.0. The highest BCUT2D eigenvalue weighted by Crippen LogP contribution is 2.37. The van der Waals surface area contributed by atoms with Gasteiger partial charge in [-0.2, -0.15) is 0 Å². The maximum Gasteiger partial charge on any atom is 0.335 e. The number of urea groups is 1. The Morgan fingerprint density at radius 3 is 2.26 bits per heavy atom. The zero-order valence-electron chi connectivity index (χ0n) is 20.6. The van der Waals surface area contributed by atoms with Gasteiger partial charge in [-0.25, -0.2) is 9.69 Å². The van der Waals surface area contributed by atoms with Crippen LogP contribution in [0.1, 0.15) is 18.1 Å². The Balaban J connectivity index is 1.54. The van der Waals surface area contributed by atoms with Crippen molar-refractivity contribution in [3.8, 4) is 17.2 Å². The van der Waals surface area contributed by atoms with Gasteiger partial charge < -0.3 is 14.2 Å². The van der Waals surface area contributed by atoms with Crippen molar-refractivity contribution >= 4 is 52.8 Å². The summed E-state index contributed by atoms with van der Waals surface area (Å²) in [5.74, 6) is -0.257. The predicted octanol–water partition coefficient (Wildman–Crippen LogP) is 5.82. The number of barbiturate groups is 1. The number of benzene rings is 3. The topological polar surface area (TPSA) is 94.2 Å². The van der Waals surface area contributed by atoms with Crippen molar-refractivity contribution < 1.29 is 28.6 Å². The van der Waals surface area contributed by atoms with Crippen molar-refractivity contribution in [2.24, 2.45) is 0 Å². The number of nitrogens with one attached hydrogen (secondary N) is 1. The number of aryl methyl sites for hydroxylation is 1. The van der Waals surface area contributed by atoms with E-state index in [1.165, 1.54) is 36.4 Å². The van der Waals surface area contributed by atoms with Crippen molar-refractivity contribution in [3.63, 3.8) is 0 Å². The molecular formula is C28H24Cl2N2O6. The first kappa shape index (κ1) is 27.0. The number of rotatable bonds is 9. The van der Waals surface area contributed by atoms with Gasteiger partial charge >= 0.3 is 6.03 Å². The molecule has 0 atom stereocenters. The number of halogens is 2. The molecule has 0 saturated carbocycles. The van der Waals surface area contributed by atoms with Crippen LogP contribution in [-0.2, 0) is 9.59 Å². The number of hydrogen-bond acceptors (Lipinski definition) is 6. The third-order valence-corrected chi connectivity index (χ3v) is 5.98. The molecule has 0 aliphatic carbocycles. The van der Waals surface area contributed by atoms with Gasteiger partial charge in [-0.05, 0) is 74.0 Å². The minimum atomic E-state index is -0.857. The van der Waals surface area contributed by atoms with Gasteiger partial charge in [-0.15, -0.1) is 0 Å². The third kappa shape index (κ3) is 6.27. The lowest BCUT2D eigenvalue weighted by Gasteiger charge is -2.26. The fraction of sp³-hybridized carbons (Fsp3) is 0.179. The second-order valence-electron chi connectivity index (χ2n) is 8.21. The Morgan fingerprint density at radius 1 is 0.895 bits per heavy atom. The molecule has 0 unspecified atom stereocenters. The lowest BCUT2D eigenvalue weighted by molar-refractivity contribution is -0.122. The summed E-state index contributed by atoms with van der Waals surface area (Å²) in [6, 6.07) is 16.0. The monoisotopic (exact) mass is 554 g/mol. The first-order valence-corrected chi connectivity index (χ1v) is 12.5. The molecule has 8 nitrogen and oxygen atoms in total. The van der Waals surface area contributed by atoms with E-state index in [0.717, 1.165) is 16.2 Å². The third-order valence-electron chi connectivity index (χ3n) is 5.45. The Morgan fingerprint density at radius 2 is 1.58 bits per heavy atom. The summed E-state index contributed by atoms with van der Waals surface area (Å²) in [5.41, 5.74) is 1.55. The summed E-state index contributed by atoms with van der Waals surface area (Å²) in [4.78, 5) is 39.0. The van der Waals surface area contributed by atoms with Gasteiger partial charge in [0.05, 0.1) is 17.3 Å². The molecule has 3 aromatic carbocycles. The van der Waals surface area contributed by atoms with Gasteiger partial charge in [0.25, 0.3) is 11.8 Å². The smallest absolute Gasteiger partial charge is 0.335 e. The van der Waals surface area contributed by atoms with Crippen LogP contribution in [0.15, 0.2) is 66.2 Å². The maximum atomic E-state index is 13.1. The van der Waals surface area contributed by atoms with Gasteiger partial charge in [-0.1, -0.05) is 40.9 Å². The molecule has 1 aliphatic heterocycles. The number of ether oxygens (including phenoxy) is 3. The van der Waals surface area contributed by atoms with E-state index in [9.17, 15) is 14.4 Å². The number of imide groups is 2. The predicted molar refractivity (Wildman–Crippen MR) is 145 cm³/mol. The van der Waals surface area contributed by atoms with Crippen LogP contribution in [0.2, 0.25) is 10.0 Å². The highest BCUT2D eigenvalue weighted by molar-refractivity contribution is 6.39. The molecule has 1 N–H and O–H groups in total. The van der Waals surface area contributed by atoms with Crippen LogP contribution in [0.3, 0.4) is 0 Å². The van der Waals surface area contributed by atoms with Crippen molar-refractivity contribution in [1.82, 2.24) is 5.32 Å². The summed E-state index contributed by atoms with van der Waals surface area (Å²) < 4.78 is 17.2. The average Bonchev–Trinajstić information content (AvgIpc) is 2.88. The van der Waals surface area contributed by atoms with Gasteiger partial charge in [0.15, 0.2) is 11.5 Å². The van der Waals surface area contributed by atoms with Crippen LogP contribution in [0.5, 0.6) is 17.2 Å². The summed E-state index contributed by atoms with van der Waals surface area (Å²) in [5, 5.41) is 2.84. The quantitative estimate of drug-likeness (QED) is 0.203. The lowest BCUT2D eigenvalue weighted by atomic mass is 10.1. The van der Waals surface area contributed by atoms with Gasteiger partial charge in [0.2, 0.25) is 0 Å². The molecule has 3 aromatic rings. The van der Waals surface area contributed by atoms with E-state index in [1.54, 1.807) is 13.0 Å². The number of carbonyl (C=O) groups excluding carboxylic acids is 3. The van der Waals surface area contributed by atoms with Crippen molar-refractivity contribution in [3.05, 3.63) is 87.4 Å². The Bertz CT molecular complexity index is 1390. The maximum absolute atomic E-state index is 13.1. The minimum Gasteiger partial charge on any atom is -0.490 e. The van der Waals surface area contributed by atoms with E-state index in [2.05, 4.69) is 5.32 Å². The highest BCUT2D eigenvalue weighted by atomic mass is 35.5. The molecular weight excluding hydrogens is 531 g/mol. The lowest BCUT2D eigenvalue weighted by Crippen LogP contribution is -2.54. The van der Waals surface area contributed by atoms with Crippen LogP contribution in [0.25, 0.3) is 6.08 Å². The fourth-order valence-corrected chi connectivity index (χ4v) is 4.06. The SMILES string of the molecule is CCOc1cc(C=C2C(=O)NC(=O)N(c3ccc(Cl)cc3)C2=O)cc(Cl)c1OCCOc1ccc(C)cc1. The van der Waals surface area contributed by atoms with Gasteiger partial charge in [0.1, 0.15) is 24.5 Å². The molecule has 1 fully saturated rings.